The summed E-state index contributed by atoms with van der Waals surface area (Å²) in [5, 5.41) is 0.428. The third-order valence-corrected chi connectivity index (χ3v) is 8.59. The average molecular weight is 502 g/mol. The second-order valence-electron chi connectivity index (χ2n) is 8.33. The maximum absolute atomic E-state index is 13.6. The van der Waals surface area contributed by atoms with Gasteiger partial charge < -0.3 is 9.32 Å². The monoisotopic (exact) mass is 501 g/mol. The largest absolute Gasteiger partial charge is 0.450 e. The molecule has 160 valence electrons. The number of amides is 1. The Hall–Kier alpha value is -2.45. The molecule has 2 aliphatic rings. The number of hydrogen-bond acceptors (Lipinski definition) is 5. The molecule has 8 heteroatoms. The number of sulfone groups is 1. The molecule has 0 bridgehead atoms. The molecule has 0 spiro atoms. The van der Waals surface area contributed by atoms with Crippen LogP contribution in [-0.2, 0) is 9.84 Å². The molecule has 1 fully saturated rings. The summed E-state index contributed by atoms with van der Waals surface area (Å²) in [6, 6.07) is 9.76. The molecule has 2 aromatic carbocycles. The minimum atomic E-state index is -3.23. The number of fused-ring (bicyclic) bond motifs is 2. The summed E-state index contributed by atoms with van der Waals surface area (Å²) < 4.78 is 31.2. The quantitative estimate of drug-likeness (QED) is 0.531. The molecule has 31 heavy (non-hydrogen) atoms. The Morgan fingerprint density at radius 3 is 2.39 bits per heavy atom. The van der Waals surface area contributed by atoms with E-state index in [1.165, 1.54) is 0 Å². The summed E-state index contributed by atoms with van der Waals surface area (Å²) >= 11 is 3.42. The molecule has 3 aromatic rings. The van der Waals surface area contributed by atoms with Crippen LogP contribution in [0.2, 0.25) is 0 Å². The van der Waals surface area contributed by atoms with E-state index >= 15 is 0 Å². The predicted molar refractivity (Wildman–Crippen MR) is 121 cm³/mol. The lowest BCUT2D eigenvalue weighted by molar-refractivity contribution is 0.0662. The summed E-state index contributed by atoms with van der Waals surface area (Å²) in [4.78, 5) is 28.6. The fraction of sp³-hybridized carbons (Fsp3) is 0.304. The summed E-state index contributed by atoms with van der Waals surface area (Å²) in [6.45, 7) is 3.85. The van der Waals surface area contributed by atoms with Crippen molar-refractivity contribution in [1.82, 2.24) is 4.90 Å². The number of carbonyl (C=O) groups is 1. The van der Waals surface area contributed by atoms with Gasteiger partial charge in [-0.1, -0.05) is 28.1 Å². The number of rotatable bonds is 2. The van der Waals surface area contributed by atoms with E-state index < -0.39 is 27.8 Å². The van der Waals surface area contributed by atoms with E-state index in [9.17, 15) is 18.0 Å². The van der Waals surface area contributed by atoms with Gasteiger partial charge in [-0.2, -0.15) is 0 Å². The zero-order chi connectivity index (χ0) is 22.1. The molecule has 2 atom stereocenters. The van der Waals surface area contributed by atoms with Crippen LogP contribution in [0.15, 0.2) is 50.1 Å². The number of nitrogens with zero attached hydrogens (tertiary/aromatic N) is 1. The highest BCUT2D eigenvalue weighted by Gasteiger charge is 2.48. The second-order valence-corrected chi connectivity index (χ2v) is 11.5. The molecule has 0 saturated carbocycles. The van der Waals surface area contributed by atoms with E-state index in [4.69, 9.17) is 4.42 Å². The van der Waals surface area contributed by atoms with Crippen molar-refractivity contribution < 1.29 is 17.6 Å². The van der Waals surface area contributed by atoms with Crippen molar-refractivity contribution in [2.75, 3.05) is 11.5 Å². The molecule has 0 aliphatic carbocycles. The number of halogens is 1. The van der Waals surface area contributed by atoms with Crippen LogP contribution < -0.4 is 5.43 Å². The Kier molecular flexibility index (Phi) is 4.64. The molecule has 6 nitrogen and oxygen atoms in total. The fourth-order valence-electron chi connectivity index (χ4n) is 4.59. The molecule has 1 amide bonds. The van der Waals surface area contributed by atoms with Crippen molar-refractivity contribution >= 4 is 42.6 Å². The lowest BCUT2D eigenvalue weighted by atomic mass is 9.97. The maximum atomic E-state index is 13.6. The summed E-state index contributed by atoms with van der Waals surface area (Å²) in [5.41, 5.74) is 3.08. The van der Waals surface area contributed by atoms with Gasteiger partial charge in [-0.05, 0) is 61.2 Å². The smallest absolute Gasteiger partial charge is 0.291 e. The van der Waals surface area contributed by atoms with Gasteiger partial charge in [0.05, 0.1) is 28.5 Å². The Morgan fingerprint density at radius 1 is 1.06 bits per heavy atom. The van der Waals surface area contributed by atoms with Crippen molar-refractivity contribution in [2.45, 2.75) is 32.4 Å². The molecular formula is C23H20BrNO5S. The summed E-state index contributed by atoms with van der Waals surface area (Å²) in [5.74, 6) is -0.488. The van der Waals surface area contributed by atoms with Crippen LogP contribution >= 0.6 is 15.9 Å². The SMILES string of the molecule is Cc1cc2oc3c(c(=O)c2cc1C)[C@H](c1ccc(Br)cc1)N([C@@H]1CCS(=O)(=O)C1)C3=O. The molecule has 0 unspecified atom stereocenters. The molecule has 3 heterocycles. The molecule has 0 radical (unpaired) electrons. The van der Waals surface area contributed by atoms with Crippen molar-refractivity contribution in [1.29, 1.82) is 0 Å². The highest BCUT2D eigenvalue weighted by Crippen LogP contribution is 2.41. The first-order valence-electron chi connectivity index (χ1n) is 10.0. The Bertz CT molecular complexity index is 1410. The third-order valence-electron chi connectivity index (χ3n) is 6.31. The van der Waals surface area contributed by atoms with E-state index in [1.807, 2.05) is 38.1 Å². The van der Waals surface area contributed by atoms with Gasteiger partial charge in [0, 0.05) is 10.5 Å². The molecule has 5 rings (SSSR count). The number of benzene rings is 2. The van der Waals surface area contributed by atoms with Crippen LogP contribution in [0.5, 0.6) is 0 Å². The highest BCUT2D eigenvalue weighted by molar-refractivity contribution is 9.10. The first-order valence-corrected chi connectivity index (χ1v) is 12.6. The predicted octanol–water partition coefficient (Wildman–Crippen LogP) is 3.90. The van der Waals surface area contributed by atoms with Gasteiger partial charge in [0.25, 0.3) is 5.91 Å². The average Bonchev–Trinajstić information content (AvgIpc) is 3.21. The van der Waals surface area contributed by atoms with Crippen LogP contribution in [-0.4, -0.2) is 36.8 Å². The fourth-order valence-corrected chi connectivity index (χ4v) is 6.56. The van der Waals surface area contributed by atoms with Gasteiger partial charge in [-0.25, -0.2) is 8.42 Å². The molecular weight excluding hydrogens is 482 g/mol. The zero-order valence-corrected chi connectivity index (χ0v) is 19.4. The molecule has 1 aromatic heterocycles. The van der Waals surface area contributed by atoms with Gasteiger partial charge in [-0.15, -0.1) is 0 Å². The van der Waals surface area contributed by atoms with Gasteiger partial charge in [-0.3, -0.25) is 9.59 Å². The topological polar surface area (TPSA) is 84.7 Å². The summed E-state index contributed by atoms with van der Waals surface area (Å²) in [6.07, 6.45) is 0.348. The van der Waals surface area contributed by atoms with Crippen molar-refractivity contribution in [3.63, 3.8) is 0 Å². The van der Waals surface area contributed by atoms with Crippen molar-refractivity contribution in [2.24, 2.45) is 0 Å². The second kappa shape index (κ2) is 7.03. The van der Waals surface area contributed by atoms with E-state index in [2.05, 4.69) is 15.9 Å². The lowest BCUT2D eigenvalue weighted by Gasteiger charge is -2.30. The zero-order valence-electron chi connectivity index (χ0n) is 17.0. The minimum absolute atomic E-state index is 0.0120. The first-order chi connectivity index (χ1) is 14.7. The Labute approximate surface area is 187 Å². The summed E-state index contributed by atoms with van der Waals surface area (Å²) in [7, 11) is -3.23. The van der Waals surface area contributed by atoms with Crippen LogP contribution in [0.25, 0.3) is 11.0 Å². The third kappa shape index (κ3) is 3.24. The molecule has 1 saturated heterocycles. The van der Waals surface area contributed by atoms with Gasteiger partial charge in [0.1, 0.15) is 5.58 Å². The maximum Gasteiger partial charge on any atom is 0.291 e. The van der Waals surface area contributed by atoms with Crippen LogP contribution in [0, 0.1) is 13.8 Å². The Balaban J connectivity index is 1.77. The van der Waals surface area contributed by atoms with Crippen molar-refractivity contribution in [3.8, 4) is 0 Å². The van der Waals surface area contributed by atoms with Gasteiger partial charge in [0.2, 0.25) is 5.76 Å². The van der Waals surface area contributed by atoms with E-state index in [0.717, 1.165) is 21.2 Å². The van der Waals surface area contributed by atoms with Crippen molar-refractivity contribution in [3.05, 3.63) is 79.1 Å². The van der Waals surface area contributed by atoms with E-state index in [-0.39, 0.29) is 28.3 Å². The van der Waals surface area contributed by atoms with Crippen LogP contribution in [0.1, 0.15) is 45.3 Å². The molecule has 0 N–H and O–H groups in total. The first kappa shape index (κ1) is 20.5. The number of aryl methyl sites for hydroxylation is 2. The Morgan fingerprint density at radius 2 is 1.74 bits per heavy atom. The normalized spacial score (nSPS) is 22.3. The number of hydrogen-bond donors (Lipinski definition) is 0. The van der Waals surface area contributed by atoms with Gasteiger partial charge in [0.15, 0.2) is 15.3 Å². The minimum Gasteiger partial charge on any atom is -0.450 e. The molecule has 2 aliphatic heterocycles. The van der Waals surface area contributed by atoms with Gasteiger partial charge >= 0.3 is 0 Å². The lowest BCUT2D eigenvalue weighted by Crippen LogP contribution is -2.40. The highest BCUT2D eigenvalue weighted by atomic mass is 79.9. The van der Waals surface area contributed by atoms with E-state index in [0.29, 0.717) is 17.4 Å². The van der Waals surface area contributed by atoms with Crippen LogP contribution in [0.4, 0.5) is 0 Å². The standard InChI is InChI=1S/C23H20BrNO5S/c1-12-9-17-18(10-13(12)2)30-22-19(21(17)26)20(14-3-5-15(24)6-4-14)25(23(22)27)16-7-8-31(28,29)11-16/h3-6,9-10,16,20H,7-8,11H2,1-2H3/t16-,20+/m1/s1. The van der Waals surface area contributed by atoms with E-state index in [1.54, 1.807) is 17.0 Å². The number of carbonyl (C=O) groups excluding carboxylic acids is 1. The van der Waals surface area contributed by atoms with Crippen LogP contribution in [0.3, 0.4) is 0 Å².